The largest absolute Gasteiger partial charge is 0.497 e. The van der Waals surface area contributed by atoms with Crippen LogP contribution in [0, 0.1) is 20.2 Å². The second-order valence-corrected chi connectivity index (χ2v) is 11.8. The molecule has 0 saturated carbocycles. The average molecular weight is 734 g/mol. The zero-order chi connectivity index (χ0) is 37.2. The van der Waals surface area contributed by atoms with E-state index in [0.717, 1.165) is 5.56 Å². The summed E-state index contributed by atoms with van der Waals surface area (Å²) in [5, 5.41) is 39.6. The van der Waals surface area contributed by atoms with Crippen molar-refractivity contribution in [3.05, 3.63) is 122 Å². The first kappa shape index (κ1) is 34.4. The van der Waals surface area contributed by atoms with Crippen LogP contribution in [0.5, 0.6) is 17.2 Å². The Morgan fingerprint density at radius 3 is 2.08 bits per heavy atom. The van der Waals surface area contributed by atoms with Gasteiger partial charge in [0.2, 0.25) is 0 Å². The summed E-state index contributed by atoms with van der Waals surface area (Å²) >= 11 is 6.24. The Bertz CT molecular complexity index is 2680. The third-order valence-electron chi connectivity index (χ3n) is 8.38. The third kappa shape index (κ3) is 6.49. The zero-order valence-corrected chi connectivity index (χ0v) is 29.0. The van der Waals surface area contributed by atoms with Crippen LogP contribution in [-0.2, 0) is 6.54 Å². The molecular weight excluding hydrogens is 706 g/mol. The van der Waals surface area contributed by atoms with E-state index in [-0.39, 0.29) is 23.3 Å². The molecule has 0 saturated heterocycles. The van der Waals surface area contributed by atoms with Crippen molar-refractivity contribution in [2.24, 2.45) is 0 Å². The maximum absolute atomic E-state index is 11.8. The van der Waals surface area contributed by atoms with Gasteiger partial charge in [0.05, 0.1) is 32.4 Å². The molecule has 2 N–H and O–H groups in total. The number of nitrogens with zero attached hydrogens (tertiary/aromatic N) is 7. The predicted octanol–water partition coefficient (Wildman–Crippen LogP) is 7.98. The summed E-state index contributed by atoms with van der Waals surface area (Å²) in [6.45, 7) is 0.236. The SMILES string of the molecule is COc1ccc(Cn2nc3c(Cl)nc4ccccc4c3c2[N+](=O)[O-])cc1.COc1ccc(Nc2nc3ccccc3c3c([N+](=O)[O-])[nH]nc23)cc1OC. The summed E-state index contributed by atoms with van der Waals surface area (Å²) in [4.78, 5) is 31.2. The highest BCUT2D eigenvalue weighted by Gasteiger charge is 2.27. The topological polar surface area (TPSA) is 198 Å². The lowest BCUT2D eigenvalue weighted by molar-refractivity contribution is -0.390. The molecule has 0 aliphatic rings. The maximum atomic E-state index is 11.8. The molecule has 0 spiro atoms. The molecule has 8 aromatic rings. The van der Waals surface area contributed by atoms with Crippen LogP contribution >= 0.6 is 11.6 Å². The lowest BCUT2D eigenvalue weighted by atomic mass is 10.1. The van der Waals surface area contributed by atoms with Crippen LogP contribution in [-0.4, -0.2) is 61.1 Å². The van der Waals surface area contributed by atoms with E-state index < -0.39 is 9.85 Å². The van der Waals surface area contributed by atoms with Gasteiger partial charge in [-0.3, -0.25) is 0 Å². The Hall–Kier alpha value is -7.07. The number of halogens is 1. The summed E-state index contributed by atoms with van der Waals surface area (Å²) in [7, 11) is 4.69. The number of anilines is 2. The quantitative estimate of drug-likeness (QED) is 0.0825. The average Bonchev–Trinajstić information content (AvgIpc) is 3.80. The van der Waals surface area contributed by atoms with Crippen molar-refractivity contribution in [2.75, 3.05) is 26.6 Å². The highest BCUT2D eigenvalue weighted by atomic mass is 35.5. The highest BCUT2D eigenvalue weighted by molar-refractivity contribution is 6.35. The zero-order valence-electron chi connectivity index (χ0n) is 28.2. The Balaban J connectivity index is 0.000000164. The number of fused-ring (bicyclic) bond motifs is 6. The molecule has 0 bridgehead atoms. The minimum atomic E-state index is -0.484. The smallest absolute Gasteiger partial charge is 0.353 e. The molecule has 8 rings (SSSR count). The fourth-order valence-electron chi connectivity index (χ4n) is 5.97. The molecule has 16 nitrogen and oxygen atoms in total. The van der Waals surface area contributed by atoms with E-state index in [9.17, 15) is 20.2 Å². The van der Waals surface area contributed by atoms with Gasteiger partial charge in [-0.15, -0.1) is 9.78 Å². The first-order valence-corrected chi connectivity index (χ1v) is 16.2. The van der Waals surface area contributed by atoms with Crippen molar-refractivity contribution in [2.45, 2.75) is 6.54 Å². The van der Waals surface area contributed by atoms with E-state index in [0.29, 0.717) is 72.4 Å². The number of para-hydroxylation sites is 2. The van der Waals surface area contributed by atoms with Crippen molar-refractivity contribution < 1.29 is 24.1 Å². The number of nitro groups is 2. The number of hydrogen-bond donors (Lipinski definition) is 2. The number of hydrogen-bond acceptors (Lipinski definition) is 12. The standard InChI is InChI=1S/C18H13ClN4O3.C18H15N5O4/c1-26-12-8-6-11(7-9-12)10-22-18(23(24)25)15-13-4-2-3-5-14(13)20-17(19)16(15)21-22;1-26-13-8-7-10(9-14(13)27-2)19-17-16-15(18(22-21-16)23(24)25)11-5-3-4-6-12(11)20-17/h2-9H,10H2,1H3;3-9H,1-2H3,(H,19,20)(H,21,22). The molecule has 0 aliphatic heterocycles. The van der Waals surface area contributed by atoms with Crippen molar-refractivity contribution in [1.82, 2.24) is 29.9 Å². The Morgan fingerprint density at radius 2 is 1.43 bits per heavy atom. The van der Waals surface area contributed by atoms with Crippen LogP contribution in [0.15, 0.2) is 91.0 Å². The van der Waals surface area contributed by atoms with Gasteiger partial charge in [0.15, 0.2) is 33.5 Å². The van der Waals surface area contributed by atoms with Crippen molar-refractivity contribution in [1.29, 1.82) is 0 Å². The highest BCUT2D eigenvalue weighted by Crippen LogP contribution is 2.38. The normalized spacial score (nSPS) is 11.0. The number of rotatable bonds is 9. The summed E-state index contributed by atoms with van der Waals surface area (Å²) in [6.07, 6.45) is 0. The molecule has 17 heteroatoms. The second-order valence-electron chi connectivity index (χ2n) is 11.5. The number of methoxy groups -OCH3 is 3. The van der Waals surface area contributed by atoms with Crippen molar-refractivity contribution in [3.8, 4) is 17.2 Å². The lowest BCUT2D eigenvalue weighted by Crippen LogP contribution is -2.06. The molecule has 4 aromatic heterocycles. The maximum Gasteiger partial charge on any atom is 0.353 e. The van der Waals surface area contributed by atoms with E-state index in [4.69, 9.17) is 25.8 Å². The van der Waals surface area contributed by atoms with Crippen LogP contribution in [0.1, 0.15) is 5.56 Å². The third-order valence-corrected chi connectivity index (χ3v) is 8.65. The van der Waals surface area contributed by atoms with Gasteiger partial charge in [-0.25, -0.2) is 9.97 Å². The number of aromatic nitrogens is 6. The first-order chi connectivity index (χ1) is 25.7. The van der Waals surface area contributed by atoms with Gasteiger partial charge < -0.3 is 39.8 Å². The first-order valence-electron chi connectivity index (χ1n) is 15.8. The number of ether oxygens (including phenoxy) is 3. The number of nitrogens with one attached hydrogen (secondary N) is 2. The van der Waals surface area contributed by atoms with Gasteiger partial charge in [-0.2, -0.15) is 0 Å². The number of benzene rings is 4. The number of H-pyrrole nitrogens is 1. The Morgan fingerprint density at radius 1 is 0.774 bits per heavy atom. The van der Waals surface area contributed by atoms with Crippen LogP contribution in [0.25, 0.3) is 43.6 Å². The number of aromatic amines is 1. The van der Waals surface area contributed by atoms with Crippen LogP contribution in [0.3, 0.4) is 0 Å². The molecule has 4 aromatic carbocycles. The molecule has 0 unspecified atom stereocenters. The molecule has 0 aliphatic carbocycles. The van der Waals surface area contributed by atoms with Gasteiger partial charge in [0.25, 0.3) is 0 Å². The molecule has 0 radical (unpaired) electrons. The van der Waals surface area contributed by atoms with Crippen LogP contribution < -0.4 is 19.5 Å². The summed E-state index contributed by atoms with van der Waals surface area (Å²) in [6, 6.07) is 27.0. The molecule has 0 fully saturated rings. The molecular formula is C36H28ClN9O7. The van der Waals surface area contributed by atoms with E-state index >= 15 is 0 Å². The van der Waals surface area contributed by atoms with E-state index in [1.807, 2.05) is 36.4 Å². The Labute approximate surface area is 304 Å². The predicted molar refractivity (Wildman–Crippen MR) is 200 cm³/mol. The van der Waals surface area contributed by atoms with Gasteiger partial charge in [0.1, 0.15) is 23.1 Å². The molecule has 266 valence electrons. The van der Waals surface area contributed by atoms with E-state index in [1.54, 1.807) is 75.9 Å². The lowest BCUT2D eigenvalue weighted by Gasteiger charge is -2.11. The van der Waals surface area contributed by atoms with Crippen LogP contribution in [0.2, 0.25) is 5.15 Å². The van der Waals surface area contributed by atoms with Gasteiger partial charge in [-0.05, 0) is 51.8 Å². The van der Waals surface area contributed by atoms with Gasteiger partial charge in [0, 0.05) is 22.5 Å². The monoisotopic (exact) mass is 733 g/mol. The summed E-state index contributed by atoms with van der Waals surface area (Å²) in [5.74, 6) is 1.99. The van der Waals surface area contributed by atoms with Crippen molar-refractivity contribution in [3.63, 3.8) is 0 Å². The number of pyridine rings is 2. The van der Waals surface area contributed by atoms with Crippen molar-refractivity contribution >= 4 is 78.4 Å². The molecule has 4 heterocycles. The van der Waals surface area contributed by atoms with Gasteiger partial charge >= 0.3 is 11.6 Å². The van der Waals surface area contributed by atoms with E-state index in [1.165, 1.54) is 4.68 Å². The summed E-state index contributed by atoms with van der Waals surface area (Å²) in [5.41, 5.74) is 3.47. The molecule has 0 amide bonds. The van der Waals surface area contributed by atoms with Gasteiger partial charge in [-0.1, -0.05) is 70.3 Å². The second kappa shape index (κ2) is 14.3. The van der Waals surface area contributed by atoms with E-state index in [2.05, 4.69) is 30.6 Å². The van der Waals surface area contributed by atoms with Crippen LogP contribution in [0.4, 0.5) is 23.1 Å². The Kier molecular flexibility index (Phi) is 9.26. The molecule has 53 heavy (non-hydrogen) atoms. The fourth-order valence-corrected chi connectivity index (χ4v) is 6.19. The molecule has 0 atom stereocenters. The fraction of sp³-hybridized carbons (Fsp3) is 0.111. The minimum absolute atomic E-state index is 0.101. The minimum Gasteiger partial charge on any atom is -0.497 e. The summed E-state index contributed by atoms with van der Waals surface area (Å²) < 4.78 is 17.0.